The molecular formula is C17H26N2O4S. The third-order valence-corrected chi connectivity index (χ3v) is 5.72. The van der Waals surface area contributed by atoms with Gasteiger partial charge in [-0.05, 0) is 23.6 Å². The standard InChI is InChI=1S/C17H26N2O4S/c1-13(2)11-18-24(20,21)17-12-23-19(3)16(17)10-7-14-5-8-15(22-4)9-6-14/h5-10,13,16-18H,11-12H2,1-4H3/b10-7+/t16-,17-/m1/s1. The van der Waals surface area contributed by atoms with Crippen LogP contribution in [0.2, 0.25) is 0 Å². The lowest BCUT2D eigenvalue weighted by Crippen LogP contribution is -2.43. The molecule has 0 spiro atoms. The summed E-state index contributed by atoms with van der Waals surface area (Å²) in [5.74, 6) is 1.04. The fourth-order valence-corrected chi connectivity index (χ4v) is 4.09. The van der Waals surface area contributed by atoms with Crippen LogP contribution >= 0.6 is 0 Å². The highest BCUT2D eigenvalue weighted by atomic mass is 32.2. The Morgan fingerprint density at radius 1 is 1.38 bits per heavy atom. The molecule has 24 heavy (non-hydrogen) atoms. The molecule has 134 valence electrons. The molecule has 0 unspecified atom stereocenters. The predicted octanol–water partition coefficient (Wildman–Crippen LogP) is 1.90. The molecule has 0 aromatic heterocycles. The van der Waals surface area contributed by atoms with Crippen molar-refractivity contribution in [1.82, 2.24) is 9.79 Å². The molecule has 1 N–H and O–H groups in total. The van der Waals surface area contributed by atoms with Gasteiger partial charge in [-0.2, -0.15) is 5.06 Å². The van der Waals surface area contributed by atoms with E-state index >= 15 is 0 Å². The van der Waals surface area contributed by atoms with Gasteiger partial charge in [0.1, 0.15) is 11.0 Å². The summed E-state index contributed by atoms with van der Waals surface area (Å²) in [6.45, 7) is 4.53. The minimum absolute atomic E-state index is 0.154. The molecule has 0 bridgehead atoms. The quantitative estimate of drug-likeness (QED) is 0.810. The molecule has 0 aliphatic carbocycles. The Balaban J connectivity index is 2.12. The molecule has 1 aliphatic rings. The van der Waals surface area contributed by atoms with Gasteiger partial charge in [-0.3, -0.25) is 4.84 Å². The number of hydrogen-bond donors (Lipinski definition) is 1. The maximum Gasteiger partial charge on any atom is 0.218 e. The van der Waals surface area contributed by atoms with E-state index in [1.54, 1.807) is 19.2 Å². The second kappa shape index (κ2) is 8.11. The highest BCUT2D eigenvalue weighted by Crippen LogP contribution is 2.22. The third-order valence-electron chi connectivity index (χ3n) is 3.94. The molecule has 2 atom stereocenters. The fourth-order valence-electron chi connectivity index (χ4n) is 2.44. The summed E-state index contributed by atoms with van der Waals surface area (Å²) < 4.78 is 32.9. The van der Waals surface area contributed by atoms with Crippen LogP contribution in [0.3, 0.4) is 0 Å². The van der Waals surface area contributed by atoms with Crippen molar-refractivity contribution in [3.8, 4) is 5.75 Å². The van der Waals surface area contributed by atoms with Crippen molar-refractivity contribution < 1.29 is 18.0 Å². The molecule has 1 aromatic rings. The van der Waals surface area contributed by atoms with Gasteiger partial charge in [0.2, 0.25) is 10.0 Å². The zero-order valence-electron chi connectivity index (χ0n) is 14.6. The molecule has 1 aliphatic heterocycles. The van der Waals surface area contributed by atoms with Gasteiger partial charge in [-0.1, -0.05) is 38.1 Å². The fraction of sp³-hybridized carbons (Fsp3) is 0.529. The molecule has 6 nitrogen and oxygen atoms in total. The summed E-state index contributed by atoms with van der Waals surface area (Å²) in [6, 6.07) is 7.24. The first-order valence-electron chi connectivity index (χ1n) is 8.00. The topological polar surface area (TPSA) is 67.9 Å². The van der Waals surface area contributed by atoms with Crippen LogP contribution in [0.15, 0.2) is 30.3 Å². The van der Waals surface area contributed by atoms with E-state index in [-0.39, 0.29) is 18.6 Å². The number of nitrogens with zero attached hydrogens (tertiary/aromatic N) is 1. The molecule has 2 rings (SSSR count). The zero-order chi connectivity index (χ0) is 17.7. The molecule has 1 heterocycles. The average Bonchev–Trinajstić information content (AvgIpc) is 2.93. The highest BCUT2D eigenvalue weighted by molar-refractivity contribution is 7.90. The zero-order valence-corrected chi connectivity index (χ0v) is 15.4. The molecular weight excluding hydrogens is 328 g/mol. The summed E-state index contributed by atoms with van der Waals surface area (Å²) in [5.41, 5.74) is 0.974. The minimum Gasteiger partial charge on any atom is -0.497 e. The van der Waals surface area contributed by atoms with Crippen molar-refractivity contribution in [2.24, 2.45) is 5.92 Å². The van der Waals surface area contributed by atoms with Gasteiger partial charge in [-0.15, -0.1) is 0 Å². The number of nitrogens with one attached hydrogen (secondary N) is 1. The molecule has 1 fully saturated rings. The Morgan fingerprint density at radius 3 is 2.62 bits per heavy atom. The van der Waals surface area contributed by atoms with Gasteiger partial charge < -0.3 is 4.74 Å². The number of likely N-dealkylation sites (N-methyl/N-ethyl adjacent to an activating group) is 1. The van der Waals surface area contributed by atoms with Gasteiger partial charge in [0.05, 0.1) is 19.8 Å². The summed E-state index contributed by atoms with van der Waals surface area (Å²) in [6.07, 6.45) is 3.77. The van der Waals surface area contributed by atoms with Crippen LogP contribution in [0.4, 0.5) is 0 Å². The van der Waals surface area contributed by atoms with Gasteiger partial charge in [0.25, 0.3) is 0 Å². The van der Waals surface area contributed by atoms with E-state index < -0.39 is 15.3 Å². The molecule has 0 amide bonds. The van der Waals surface area contributed by atoms with Gasteiger partial charge >= 0.3 is 0 Å². The van der Waals surface area contributed by atoms with Crippen LogP contribution in [0.25, 0.3) is 6.08 Å². The molecule has 0 radical (unpaired) electrons. The number of sulfonamides is 1. The van der Waals surface area contributed by atoms with Crippen molar-refractivity contribution in [2.75, 3.05) is 27.3 Å². The van der Waals surface area contributed by atoms with E-state index in [1.165, 1.54) is 0 Å². The second-order valence-corrected chi connectivity index (χ2v) is 8.27. The van der Waals surface area contributed by atoms with E-state index in [1.807, 2.05) is 50.3 Å². The lowest BCUT2D eigenvalue weighted by atomic mass is 10.1. The van der Waals surface area contributed by atoms with Crippen molar-refractivity contribution in [2.45, 2.75) is 25.1 Å². The maximum absolute atomic E-state index is 12.5. The van der Waals surface area contributed by atoms with Crippen LogP contribution in [0.1, 0.15) is 19.4 Å². The predicted molar refractivity (Wildman–Crippen MR) is 95.1 cm³/mol. The minimum atomic E-state index is -3.44. The average molecular weight is 354 g/mol. The number of hydrogen-bond acceptors (Lipinski definition) is 5. The second-order valence-electron chi connectivity index (χ2n) is 6.29. The van der Waals surface area contributed by atoms with Crippen molar-refractivity contribution in [3.05, 3.63) is 35.9 Å². The van der Waals surface area contributed by atoms with Crippen LogP contribution in [-0.4, -0.2) is 52.1 Å². The van der Waals surface area contributed by atoms with E-state index in [0.29, 0.717) is 6.54 Å². The normalized spacial score (nSPS) is 22.5. The number of hydroxylamine groups is 2. The SMILES string of the molecule is COc1ccc(/C=C/[C@@H]2[C@H](S(=O)(=O)NCC(C)C)CON2C)cc1. The molecule has 7 heteroatoms. The maximum atomic E-state index is 12.5. The van der Waals surface area contributed by atoms with Crippen LogP contribution in [0, 0.1) is 5.92 Å². The van der Waals surface area contributed by atoms with Crippen molar-refractivity contribution in [1.29, 1.82) is 0 Å². The largest absolute Gasteiger partial charge is 0.497 e. The number of benzene rings is 1. The van der Waals surface area contributed by atoms with Crippen molar-refractivity contribution >= 4 is 16.1 Å². The Bertz CT molecular complexity index is 656. The van der Waals surface area contributed by atoms with Crippen molar-refractivity contribution in [3.63, 3.8) is 0 Å². The monoisotopic (exact) mass is 354 g/mol. The summed E-state index contributed by atoms with van der Waals surface area (Å²) in [4.78, 5) is 5.44. The van der Waals surface area contributed by atoms with Gasteiger partial charge in [0, 0.05) is 13.6 Å². The summed E-state index contributed by atoms with van der Waals surface area (Å²) in [5, 5.41) is 0.968. The molecule has 1 aromatic carbocycles. The van der Waals surface area contributed by atoms with Crippen LogP contribution in [-0.2, 0) is 14.9 Å². The Hall–Kier alpha value is -1.41. The lowest BCUT2D eigenvalue weighted by Gasteiger charge is -2.20. The summed E-state index contributed by atoms with van der Waals surface area (Å²) in [7, 11) is -0.0688. The van der Waals surface area contributed by atoms with E-state index in [9.17, 15) is 8.42 Å². The molecule has 0 saturated carbocycles. The van der Waals surface area contributed by atoms with Gasteiger partial charge in [-0.25, -0.2) is 13.1 Å². The van der Waals surface area contributed by atoms with E-state index in [0.717, 1.165) is 11.3 Å². The first kappa shape index (κ1) is 18.9. The van der Waals surface area contributed by atoms with E-state index in [4.69, 9.17) is 9.57 Å². The Kier molecular flexibility index (Phi) is 6.40. The summed E-state index contributed by atoms with van der Waals surface area (Å²) >= 11 is 0. The smallest absolute Gasteiger partial charge is 0.218 e. The third kappa shape index (κ3) is 4.80. The van der Waals surface area contributed by atoms with Crippen LogP contribution < -0.4 is 9.46 Å². The first-order chi connectivity index (χ1) is 11.3. The highest BCUT2D eigenvalue weighted by Gasteiger charge is 2.40. The Labute approximate surface area is 144 Å². The number of ether oxygens (including phenoxy) is 1. The number of rotatable bonds is 7. The van der Waals surface area contributed by atoms with Crippen LogP contribution in [0.5, 0.6) is 5.75 Å². The number of methoxy groups -OCH3 is 1. The molecule has 1 saturated heterocycles. The van der Waals surface area contributed by atoms with E-state index in [2.05, 4.69) is 4.72 Å². The first-order valence-corrected chi connectivity index (χ1v) is 9.54. The van der Waals surface area contributed by atoms with Gasteiger partial charge in [0.15, 0.2) is 0 Å². The Morgan fingerprint density at radius 2 is 2.04 bits per heavy atom. The lowest BCUT2D eigenvalue weighted by molar-refractivity contribution is -0.100.